The van der Waals surface area contributed by atoms with Gasteiger partial charge in [0.05, 0.1) is 6.61 Å². The fourth-order valence-electron chi connectivity index (χ4n) is 0.451. The van der Waals surface area contributed by atoms with Crippen LogP contribution in [0.25, 0.3) is 0 Å². The van der Waals surface area contributed by atoms with Crippen molar-refractivity contribution in [2.75, 3.05) is 6.61 Å². The molecule has 0 saturated carbocycles. The summed E-state index contributed by atoms with van der Waals surface area (Å²) in [5.74, 6) is -1.25. The lowest BCUT2D eigenvalue weighted by Gasteiger charge is -2.07. The molecule has 0 rings (SSSR count). The number of carboxylic acid groups (broad SMARTS) is 1. The monoisotopic (exact) mass is 151 g/mol. The molecule has 0 radical (unpaired) electrons. The van der Waals surface area contributed by atoms with Crippen LogP contribution in [0.15, 0.2) is 0 Å². The predicted octanol–water partition coefficient (Wildman–Crippen LogP) is -0.881. The van der Waals surface area contributed by atoms with E-state index in [4.69, 9.17) is 15.9 Å². The van der Waals surface area contributed by atoms with Crippen molar-refractivity contribution in [2.24, 2.45) is 5.73 Å². The maximum absolute atomic E-state index is 12.1. The topological polar surface area (TPSA) is 83.5 Å². The Morgan fingerprint density at radius 2 is 2.20 bits per heavy atom. The summed E-state index contributed by atoms with van der Waals surface area (Å²) in [4.78, 5) is 9.98. The van der Waals surface area contributed by atoms with Crippen molar-refractivity contribution >= 4 is 5.97 Å². The Hall–Kier alpha value is -0.680. The average Bonchev–Trinajstić information content (AvgIpc) is 1.87. The van der Waals surface area contributed by atoms with E-state index in [0.29, 0.717) is 0 Å². The van der Waals surface area contributed by atoms with Gasteiger partial charge in [0.1, 0.15) is 12.2 Å². The lowest BCUT2D eigenvalue weighted by atomic mass is 10.1. The average molecular weight is 151 g/mol. The quantitative estimate of drug-likeness (QED) is 0.487. The molecular formula is C5H10FNO3. The van der Waals surface area contributed by atoms with E-state index in [2.05, 4.69) is 0 Å². The van der Waals surface area contributed by atoms with Crippen LogP contribution in [0, 0.1) is 0 Å². The van der Waals surface area contributed by atoms with E-state index in [1.165, 1.54) is 0 Å². The van der Waals surface area contributed by atoms with Gasteiger partial charge in [0.2, 0.25) is 0 Å². The van der Waals surface area contributed by atoms with Crippen molar-refractivity contribution in [2.45, 2.75) is 18.6 Å². The number of carbonyl (C=O) groups is 1. The second kappa shape index (κ2) is 4.19. The number of nitrogens with two attached hydrogens (primary N) is 1. The molecular weight excluding hydrogens is 141 g/mol. The molecule has 0 heterocycles. The summed E-state index contributed by atoms with van der Waals surface area (Å²) in [5, 5.41) is 16.3. The summed E-state index contributed by atoms with van der Waals surface area (Å²) >= 11 is 0. The second-order valence-electron chi connectivity index (χ2n) is 1.96. The summed E-state index contributed by atoms with van der Waals surface area (Å²) in [5.41, 5.74) is 4.94. The van der Waals surface area contributed by atoms with Crippen molar-refractivity contribution < 1.29 is 19.4 Å². The number of halogens is 1. The van der Waals surface area contributed by atoms with E-state index in [-0.39, 0.29) is 6.42 Å². The molecule has 5 heteroatoms. The first-order valence-electron chi connectivity index (χ1n) is 2.81. The molecule has 60 valence electrons. The maximum Gasteiger partial charge on any atom is 0.320 e. The summed E-state index contributed by atoms with van der Waals surface area (Å²) < 4.78 is 12.1. The molecule has 4 nitrogen and oxygen atoms in total. The fraction of sp³-hybridized carbons (Fsp3) is 0.800. The third-order valence-electron chi connectivity index (χ3n) is 1.02. The minimum absolute atomic E-state index is 0.341. The lowest BCUT2D eigenvalue weighted by Crippen LogP contribution is -2.33. The molecule has 0 aliphatic rings. The first-order chi connectivity index (χ1) is 4.57. The van der Waals surface area contributed by atoms with Crippen LogP contribution in [0.1, 0.15) is 6.42 Å². The third-order valence-corrected chi connectivity index (χ3v) is 1.02. The molecule has 0 aliphatic heterocycles. The molecule has 0 spiro atoms. The van der Waals surface area contributed by atoms with Gasteiger partial charge in [-0.2, -0.15) is 0 Å². The van der Waals surface area contributed by atoms with Gasteiger partial charge in [0.25, 0.3) is 0 Å². The predicted molar refractivity (Wildman–Crippen MR) is 32.2 cm³/mol. The second-order valence-corrected chi connectivity index (χ2v) is 1.96. The standard InChI is InChI=1S/C5H10FNO3/c6-3(2-8)1-4(7)5(9)10/h3-4,8H,1-2,7H2,(H,9,10). The molecule has 0 fully saturated rings. The van der Waals surface area contributed by atoms with Crippen molar-refractivity contribution in [3.63, 3.8) is 0 Å². The molecule has 2 atom stereocenters. The van der Waals surface area contributed by atoms with Gasteiger partial charge in [-0.25, -0.2) is 4.39 Å². The van der Waals surface area contributed by atoms with Crippen molar-refractivity contribution in [1.82, 2.24) is 0 Å². The Labute approximate surface area is 57.5 Å². The molecule has 0 aromatic heterocycles. The molecule has 0 amide bonds. The van der Waals surface area contributed by atoms with Crippen LogP contribution in [0.5, 0.6) is 0 Å². The Bertz CT molecular complexity index is 119. The smallest absolute Gasteiger partial charge is 0.320 e. The largest absolute Gasteiger partial charge is 0.480 e. The highest BCUT2D eigenvalue weighted by Gasteiger charge is 2.16. The molecule has 0 aromatic carbocycles. The Morgan fingerprint density at radius 1 is 1.70 bits per heavy atom. The van der Waals surface area contributed by atoms with Crippen LogP contribution >= 0.6 is 0 Å². The first kappa shape index (κ1) is 9.32. The highest BCUT2D eigenvalue weighted by Crippen LogP contribution is 1.99. The van der Waals surface area contributed by atoms with Crippen molar-refractivity contribution in [3.05, 3.63) is 0 Å². The van der Waals surface area contributed by atoms with E-state index in [9.17, 15) is 9.18 Å². The summed E-state index contributed by atoms with van der Waals surface area (Å²) in [6.45, 7) is -0.680. The maximum atomic E-state index is 12.1. The zero-order chi connectivity index (χ0) is 8.15. The van der Waals surface area contributed by atoms with Crippen molar-refractivity contribution in [1.29, 1.82) is 0 Å². The minimum Gasteiger partial charge on any atom is -0.480 e. The number of aliphatic carboxylic acids is 1. The molecule has 2 unspecified atom stereocenters. The molecule has 10 heavy (non-hydrogen) atoms. The van der Waals surface area contributed by atoms with Gasteiger partial charge >= 0.3 is 5.97 Å². The highest BCUT2D eigenvalue weighted by molar-refractivity contribution is 5.73. The van der Waals surface area contributed by atoms with Crippen LogP contribution in [0.3, 0.4) is 0 Å². The van der Waals surface area contributed by atoms with Gasteiger partial charge in [0.15, 0.2) is 0 Å². The zero-order valence-corrected chi connectivity index (χ0v) is 5.33. The summed E-state index contributed by atoms with van der Waals surface area (Å²) in [7, 11) is 0. The number of aliphatic hydroxyl groups excluding tert-OH is 1. The number of aliphatic hydroxyl groups is 1. The van der Waals surface area contributed by atoms with E-state index in [0.717, 1.165) is 0 Å². The lowest BCUT2D eigenvalue weighted by molar-refractivity contribution is -0.139. The molecule has 4 N–H and O–H groups in total. The van der Waals surface area contributed by atoms with E-state index in [1.54, 1.807) is 0 Å². The Kier molecular flexibility index (Phi) is 3.90. The number of hydrogen-bond donors (Lipinski definition) is 3. The number of hydrogen-bond acceptors (Lipinski definition) is 3. The fourth-order valence-corrected chi connectivity index (χ4v) is 0.451. The van der Waals surface area contributed by atoms with Crippen LogP contribution in [0.4, 0.5) is 4.39 Å². The number of alkyl halides is 1. The van der Waals surface area contributed by atoms with E-state index >= 15 is 0 Å². The van der Waals surface area contributed by atoms with Gasteiger partial charge in [-0.3, -0.25) is 4.79 Å². The molecule has 0 saturated heterocycles. The zero-order valence-electron chi connectivity index (χ0n) is 5.33. The van der Waals surface area contributed by atoms with Gasteiger partial charge in [-0.05, 0) is 0 Å². The van der Waals surface area contributed by atoms with Crippen LogP contribution < -0.4 is 5.73 Å². The SMILES string of the molecule is NC(CC(F)CO)C(=O)O. The van der Waals surface area contributed by atoms with Crippen molar-refractivity contribution in [3.8, 4) is 0 Å². The van der Waals surface area contributed by atoms with Gasteiger partial charge in [0, 0.05) is 6.42 Å². The summed E-state index contributed by atoms with van der Waals surface area (Å²) in [6.07, 6.45) is -1.88. The van der Waals surface area contributed by atoms with Crippen LogP contribution in [-0.2, 0) is 4.79 Å². The van der Waals surface area contributed by atoms with Gasteiger partial charge < -0.3 is 15.9 Å². The van der Waals surface area contributed by atoms with E-state index < -0.39 is 24.8 Å². The third kappa shape index (κ3) is 3.37. The van der Waals surface area contributed by atoms with Gasteiger partial charge in [-0.1, -0.05) is 0 Å². The van der Waals surface area contributed by atoms with Gasteiger partial charge in [-0.15, -0.1) is 0 Å². The van der Waals surface area contributed by atoms with E-state index in [1.807, 2.05) is 0 Å². The molecule has 0 bridgehead atoms. The van der Waals surface area contributed by atoms with Crippen LogP contribution in [0.2, 0.25) is 0 Å². The Balaban J connectivity index is 3.56. The molecule has 0 aromatic rings. The number of carboxylic acids is 1. The highest BCUT2D eigenvalue weighted by atomic mass is 19.1. The summed E-state index contributed by atoms with van der Waals surface area (Å²) in [6, 6.07) is -1.22. The molecule has 0 aliphatic carbocycles. The minimum atomic E-state index is -1.54. The first-order valence-corrected chi connectivity index (χ1v) is 2.81. The normalized spacial score (nSPS) is 16.3. The van der Waals surface area contributed by atoms with Crippen LogP contribution in [-0.4, -0.2) is 35.0 Å². The number of rotatable bonds is 4. The Morgan fingerprint density at radius 3 is 2.50 bits per heavy atom.